The molecule has 0 bridgehead atoms. The number of nitrogens with zero attached hydrogens (tertiary/aromatic N) is 2. The Balaban J connectivity index is 1.31. The molecule has 0 aliphatic carbocycles. The lowest BCUT2D eigenvalue weighted by molar-refractivity contribution is -0.116. The molecule has 0 aromatic heterocycles. The zero-order valence-corrected chi connectivity index (χ0v) is 20.0. The van der Waals surface area contributed by atoms with E-state index in [-0.39, 0.29) is 42.6 Å². The Labute approximate surface area is 200 Å². The average Bonchev–Trinajstić information content (AvgIpc) is 3.04. The van der Waals surface area contributed by atoms with Crippen molar-refractivity contribution in [3.05, 3.63) is 64.2 Å². The van der Waals surface area contributed by atoms with Crippen molar-refractivity contribution in [1.29, 1.82) is 0 Å². The van der Waals surface area contributed by atoms with Gasteiger partial charge in [-0.1, -0.05) is 11.6 Å². The van der Waals surface area contributed by atoms with Gasteiger partial charge >= 0.3 is 0 Å². The molecule has 7 nitrogen and oxygen atoms in total. The SMILES string of the molecule is Cc1ccc2c(c1)C(=O)N(CCCC(=O)Nc1ccc(C(=O)N3CCCCC3C)cc1C)C2=O. The van der Waals surface area contributed by atoms with Gasteiger partial charge in [0, 0.05) is 36.8 Å². The number of anilines is 1. The highest BCUT2D eigenvalue weighted by molar-refractivity contribution is 6.21. The molecular weight excluding hydrogens is 430 g/mol. The molecule has 2 heterocycles. The minimum absolute atomic E-state index is 0.0318. The Bertz CT molecular complexity index is 1160. The fraction of sp³-hybridized carbons (Fsp3) is 0.407. The zero-order chi connectivity index (χ0) is 24.4. The molecule has 4 amide bonds. The molecule has 1 fully saturated rings. The molecule has 0 spiro atoms. The van der Waals surface area contributed by atoms with Crippen LogP contribution in [0.2, 0.25) is 0 Å². The van der Waals surface area contributed by atoms with Gasteiger partial charge in [0.05, 0.1) is 11.1 Å². The van der Waals surface area contributed by atoms with Crippen LogP contribution in [0.3, 0.4) is 0 Å². The number of nitrogens with one attached hydrogen (secondary N) is 1. The molecule has 0 radical (unpaired) electrons. The first kappa shape index (κ1) is 23.7. The van der Waals surface area contributed by atoms with E-state index in [0.29, 0.717) is 28.8 Å². The first-order chi connectivity index (χ1) is 16.3. The molecule has 2 aromatic carbocycles. The molecule has 34 heavy (non-hydrogen) atoms. The van der Waals surface area contributed by atoms with Gasteiger partial charge in [-0.2, -0.15) is 0 Å². The van der Waals surface area contributed by atoms with E-state index in [4.69, 9.17) is 0 Å². The maximum Gasteiger partial charge on any atom is 0.261 e. The third kappa shape index (κ3) is 4.74. The maximum absolute atomic E-state index is 12.9. The van der Waals surface area contributed by atoms with Crippen LogP contribution in [0.15, 0.2) is 36.4 Å². The summed E-state index contributed by atoms with van der Waals surface area (Å²) in [6.45, 7) is 6.81. The van der Waals surface area contributed by atoms with Crippen LogP contribution in [0, 0.1) is 13.8 Å². The third-order valence-electron chi connectivity index (χ3n) is 6.72. The van der Waals surface area contributed by atoms with Crippen molar-refractivity contribution in [2.24, 2.45) is 0 Å². The molecule has 4 rings (SSSR count). The first-order valence-electron chi connectivity index (χ1n) is 11.9. The predicted octanol–water partition coefficient (Wildman–Crippen LogP) is 4.33. The van der Waals surface area contributed by atoms with E-state index in [0.717, 1.165) is 36.9 Å². The second-order valence-electron chi connectivity index (χ2n) is 9.34. The van der Waals surface area contributed by atoms with Gasteiger partial charge in [-0.3, -0.25) is 24.1 Å². The molecule has 1 atom stereocenters. The highest BCUT2D eigenvalue weighted by Gasteiger charge is 2.35. The lowest BCUT2D eigenvalue weighted by Crippen LogP contribution is -2.42. The molecule has 2 aliphatic rings. The molecule has 1 unspecified atom stereocenters. The highest BCUT2D eigenvalue weighted by Crippen LogP contribution is 2.25. The van der Waals surface area contributed by atoms with Crippen LogP contribution in [0.25, 0.3) is 0 Å². The number of carbonyl (C=O) groups is 4. The standard InChI is InChI=1S/C27H31N3O4/c1-17-9-11-21-22(15-17)27(34)30(26(21)33)14-6-8-24(31)28-23-12-10-20(16-18(23)2)25(32)29-13-5-4-7-19(29)3/h9-12,15-16,19H,4-8,13-14H2,1-3H3,(H,28,31). The number of likely N-dealkylation sites (tertiary alicyclic amines) is 1. The largest absolute Gasteiger partial charge is 0.336 e. The van der Waals surface area contributed by atoms with Gasteiger partial charge in [0.1, 0.15) is 0 Å². The van der Waals surface area contributed by atoms with Crippen LogP contribution in [0.1, 0.15) is 81.2 Å². The van der Waals surface area contributed by atoms with Crippen LogP contribution in [0.5, 0.6) is 0 Å². The Hall–Kier alpha value is -3.48. The van der Waals surface area contributed by atoms with Crippen LogP contribution < -0.4 is 5.32 Å². The van der Waals surface area contributed by atoms with E-state index in [1.54, 1.807) is 24.3 Å². The molecule has 178 valence electrons. The first-order valence-corrected chi connectivity index (χ1v) is 11.9. The smallest absolute Gasteiger partial charge is 0.261 e. The van der Waals surface area contributed by atoms with E-state index in [2.05, 4.69) is 12.2 Å². The second kappa shape index (κ2) is 9.79. The molecule has 2 aromatic rings. The molecule has 2 aliphatic heterocycles. The summed E-state index contributed by atoms with van der Waals surface area (Å²) in [6, 6.07) is 10.8. The van der Waals surface area contributed by atoms with Gasteiger partial charge in [-0.25, -0.2) is 0 Å². The molecule has 7 heteroatoms. The second-order valence-corrected chi connectivity index (χ2v) is 9.34. The number of rotatable bonds is 6. The summed E-state index contributed by atoms with van der Waals surface area (Å²) in [5.74, 6) is -0.772. The van der Waals surface area contributed by atoms with Crippen LogP contribution >= 0.6 is 0 Å². The Morgan fingerprint density at radius 1 is 1.00 bits per heavy atom. The number of amides is 4. The fourth-order valence-electron chi connectivity index (χ4n) is 4.72. The summed E-state index contributed by atoms with van der Waals surface area (Å²) in [5, 5.41) is 2.88. The van der Waals surface area contributed by atoms with E-state index >= 15 is 0 Å². The Kier molecular flexibility index (Phi) is 6.82. The molecule has 1 N–H and O–H groups in total. The van der Waals surface area contributed by atoms with Crippen molar-refractivity contribution in [3.63, 3.8) is 0 Å². The highest BCUT2D eigenvalue weighted by atomic mass is 16.2. The molecule has 1 saturated heterocycles. The number of piperidine rings is 1. The van der Waals surface area contributed by atoms with Gasteiger partial charge in [0.2, 0.25) is 5.91 Å². The van der Waals surface area contributed by atoms with Gasteiger partial charge in [-0.05, 0) is 82.3 Å². The summed E-state index contributed by atoms with van der Waals surface area (Å²) < 4.78 is 0. The number of benzene rings is 2. The molecular formula is C27H31N3O4. The number of fused-ring (bicyclic) bond motifs is 1. The number of aryl methyl sites for hydroxylation is 2. The van der Waals surface area contributed by atoms with E-state index in [1.165, 1.54) is 4.90 Å². The maximum atomic E-state index is 12.9. The van der Waals surface area contributed by atoms with Crippen molar-refractivity contribution >= 4 is 29.3 Å². The van der Waals surface area contributed by atoms with Gasteiger partial charge in [0.15, 0.2) is 0 Å². The van der Waals surface area contributed by atoms with E-state index in [1.807, 2.05) is 30.9 Å². The summed E-state index contributed by atoms with van der Waals surface area (Å²) in [7, 11) is 0. The van der Waals surface area contributed by atoms with Gasteiger partial charge in [-0.15, -0.1) is 0 Å². The van der Waals surface area contributed by atoms with Crippen LogP contribution in [-0.2, 0) is 4.79 Å². The molecule has 0 saturated carbocycles. The van der Waals surface area contributed by atoms with E-state index in [9.17, 15) is 19.2 Å². The Morgan fingerprint density at radius 2 is 1.76 bits per heavy atom. The van der Waals surface area contributed by atoms with Gasteiger partial charge in [0.25, 0.3) is 17.7 Å². The van der Waals surface area contributed by atoms with E-state index < -0.39 is 0 Å². The van der Waals surface area contributed by atoms with Gasteiger partial charge < -0.3 is 10.2 Å². The topological polar surface area (TPSA) is 86.8 Å². The fourth-order valence-corrected chi connectivity index (χ4v) is 4.72. The van der Waals surface area contributed by atoms with Crippen molar-refractivity contribution in [2.75, 3.05) is 18.4 Å². The lowest BCUT2D eigenvalue weighted by Gasteiger charge is -2.33. The lowest BCUT2D eigenvalue weighted by atomic mass is 10.0. The minimum atomic E-state index is -0.306. The summed E-state index contributed by atoms with van der Waals surface area (Å²) in [5.41, 5.74) is 3.88. The predicted molar refractivity (Wildman–Crippen MR) is 130 cm³/mol. The summed E-state index contributed by atoms with van der Waals surface area (Å²) in [4.78, 5) is 53.6. The van der Waals surface area contributed by atoms with Crippen LogP contribution in [-0.4, -0.2) is 52.6 Å². The van der Waals surface area contributed by atoms with Crippen LogP contribution in [0.4, 0.5) is 5.69 Å². The summed E-state index contributed by atoms with van der Waals surface area (Å²) in [6.07, 6.45) is 3.76. The van der Waals surface area contributed by atoms with Crippen molar-refractivity contribution < 1.29 is 19.2 Å². The average molecular weight is 462 g/mol. The normalized spacial score (nSPS) is 17.7. The quantitative estimate of drug-likeness (QED) is 0.649. The number of carbonyl (C=O) groups excluding carboxylic acids is 4. The number of hydrogen-bond acceptors (Lipinski definition) is 4. The van der Waals surface area contributed by atoms with Crippen molar-refractivity contribution in [1.82, 2.24) is 9.80 Å². The monoisotopic (exact) mass is 461 g/mol. The number of hydrogen-bond donors (Lipinski definition) is 1. The summed E-state index contributed by atoms with van der Waals surface area (Å²) >= 11 is 0. The number of imide groups is 1. The Morgan fingerprint density at radius 3 is 2.50 bits per heavy atom. The van der Waals surface area contributed by atoms with Crippen molar-refractivity contribution in [2.45, 2.75) is 58.9 Å². The van der Waals surface area contributed by atoms with Crippen molar-refractivity contribution in [3.8, 4) is 0 Å². The third-order valence-corrected chi connectivity index (χ3v) is 6.72. The minimum Gasteiger partial charge on any atom is -0.336 e. The zero-order valence-electron chi connectivity index (χ0n) is 20.0.